The van der Waals surface area contributed by atoms with Crippen molar-refractivity contribution in [2.45, 2.75) is 52.0 Å². The third-order valence-corrected chi connectivity index (χ3v) is 4.38. The third kappa shape index (κ3) is 4.96. The highest BCUT2D eigenvalue weighted by molar-refractivity contribution is 5.96. The van der Waals surface area contributed by atoms with E-state index in [1.807, 2.05) is 24.3 Å². The summed E-state index contributed by atoms with van der Waals surface area (Å²) in [7, 11) is 1.68. The molecule has 1 aliphatic heterocycles. The van der Waals surface area contributed by atoms with Crippen molar-refractivity contribution < 1.29 is 4.74 Å². The Bertz CT molecular complexity index is 498. The van der Waals surface area contributed by atoms with Crippen LogP contribution in [0.1, 0.15) is 46.5 Å². The SMILES string of the molecule is COc1ccc(N(C(=N)CCN2CCCCC2)C(C)(C)C)cc1. The molecule has 1 saturated heterocycles. The molecule has 128 valence electrons. The molecule has 1 N–H and O–H groups in total. The molecule has 1 heterocycles. The van der Waals surface area contributed by atoms with Crippen LogP contribution in [-0.4, -0.2) is 43.0 Å². The van der Waals surface area contributed by atoms with E-state index in [0.29, 0.717) is 5.84 Å². The zero-order valence-electron chi connectivity index (χ0n) is 15.1. The number of methoxy groups -OCH3 is 1. The number of hydrogen-bond donors (Lipinski definition) is 1. The molecule has 1 aromatic rings. The first-order valence-corrected chi connectivity index (χ1v) is 8.66. The van der Waals surface area contributed by atoms with Gasteiger partial charge in [-0.3, -0.25) is 5.41 Å². The second kappa shape index (κ2) is 7.82. The van der Waals surface area contributed by atoms with E-state index in [-0.39, 0.29) is 5.54 Å². The van der Waals surface area contributed by atoms with Gasteiger partial charge in [0, 0.05) is 24.2 Å². The van der Waals surface area contributed by atoms with Gasteiger partial charge in [0.1, 0.15) is 11.6 Å². The average molecular weight is 317 g/mol. The van der Waals surface area contributed by atoms with E-state index >= 15 is 0 Å². The highest BCUT2D eigenvalue weighted by atomic mass is 16.5. The predicted octanol–water partition coefficient (Wildman–Crippen LogP) is 4.15. The van der Waals surface area contributed by atoms with Crippen molar-refractivity contribution in [2.75, 3.05) is 31.6 Å². The zero-order valence-corrected chi connectivity index (χ0v) is 15.1. The predicted molar refractivity (Wildman–Crippen MR) is 97.9 cm³/mol. The summed E-state index contributed by atoms with van der Waals surface area (Å²) in [5, 5.41) is 8.62. The molecule has 1 aliphatic rings. The van der Waals surface area contributed by atoms with Gasteiger partial charge in [0.2, 0.25) is 0 Å². The Hall–Kier alpha value is -1.55. The first-order chi connectivity index (χ1) is 10.9. The quantitative estimate of drug-likeness (QED) is 0.655. The summed E-state index contributed by atoms with van der Waals surface area (Å²) in [4.78, 5) is 4.63. The number of piperidine rings is 1. The Labute approximate surface area is 140 Å². The minimum atomic E-state index is -0.117. The first-order valence-electron chi connectivity index (χ1n) is 8.66. The Kier molecular flexibility index (Phi) is 6.05. The van der Waals surface area contributed by atoms with E-state index in [2.05, 4.69) is 30.6 Å². The molecule has 0 saturated carbocycles. The van der Waals surface area contributed by atoms with Crippen LogP contribution < -0.4 is 9.64 Å². The summed E-state index contributed by atoms with van der Waals surface area (Å²) in [6.07, 6.45) is 4.75. The molecular weight excluding hydrogens is 286 g/mol. The van der Waals surface area contributed by atoms with Crippen LogP contribution >= 0.6 is 0 Å². The molecular formula is C19H31N3O. The lowest BCUT2D eigenvalue weighted by Gasteiger charge is -2.38. The number of nitrogens with one attached hydrogen (secondary N) is 1. The van der Waals surface area contributed by atoms with Crippen LogP contribution in [0.2, 0.25) is 0 Å². The molecule has 0 radical (unpaired) electrons. The molecule has 0 unspecified atom stereocenters. The number of hydrogen-bond acceptors (Lipinski definition) is 3. The molecule has 2 rings (SSSR count). The van der Waals surface area contributed by atoms with Crippen molar-refractivity contribution in [3.05, 3.63) is 24.3 Å². The van der Waals surface area contributed by atoms with Gasteiger partial charge < -0.3 is 14.5 Å². The Morgan fingerprint density at radius 3 is 2.26 bits per heavy atom. The largest absolute Gasteiger partial charge is 0.497 e. The second-order valence-corrected chi connectivity index (χ2v) is 7.30. The van der Waals surface area contributed by atoms with Crippen molar-refractivity contribution in [1.82, 2.24) is 4.90 Å². The fraction of sp³-hybridized carbons (Fsp3) is 0.632. The Morgan fingerprint density at radius 2 is 1.74 bits per heavy atom. The molecule has 0 aliphatic carbocycles. The molecule has 0 aromatic heterocycles. The third-order valence-electron chi connectivity index (χ3n) is 4.38. The summed E-state index contributed by atoms with van der Waals surface area (Å²) >= 11 is 0. The topological polar surface area (TPSA) is 39.6 Å². The second-order valence-electron chi connectivity index (χ2n) is 7.30. The van der Waals surface area contributed by atoms with Crippen molar-refractivity contribution in [3.8, 4) is 5.75 Å². The van der Waals surface area contributed by atoms with Crippen LogP contribution in [0.3, 0.4) is 0 Å². The van der Waals surface area contributed by atoms with E-state index in [9.17, 15) is 0 Å². The maximum absolute atomic E-state index is 8.62. The minimum Gasteiger partial charge on any atom is -0.497 e. The van der Waals surface area contributed by atoms with Gasteiger partial charge in [0.25, 0.3) is 0 Å². The van der Waals surface area contributed by atoms with Crippen molar-refractivity contribution >= 4 is 11.5 Å². The zero-order chi connectivity index (χ0) is 16.9. The van der Waals surface area contributed by atoms with Gasteiger partial charge >= 0.3 is 0 Å². The van der Waals surface area contributed by atoms with Crippen LogP contribution in [0.5, 0.6) is 5.75 Å². The molecule has 0 amide bonds. The monoisotopic (exact) mass is 317 g/mol. The van der Waals surface area contributed by atoms with Gasteiger partial charge in [-0.2, -0.15) is 0 Å². The summed E-state index contributed by atoms with van der Waals surface area (Å²) in [6.45, 7) is 9.84. The van der Waals surface area contributed by atoms with Crippen LogP contribution in [0.25, 0.3) is 0 Å². The number of benzene rings is 1. The van der Waals surface area contributed by atoms with Gasteiger partial charge in [-0.25, -0.2) is 0 Å². The van der Waals surface area contributed by atoms with E-state index in [0.717, 1.165) is 24.4 Å². The van der Waals surface area contributed by atoms with E-state index < -0.39 is 0 Å². The number of rotatable bonds is 5. The van der Waals surface area contributed by atoms with E-state index in [4.69, 9.17) is 10.1 Å². The number of anilines is 1. The van der Waals surface area contributed by atoms with Gasteiger partial charge in [-0.1, -0.05) is 6.42 Å². The number of nitrogens with zero attached hydrogens (tertiary/aromatic N) is 2. The molecule has 23 heavy (non-hydrogen) atoms. The van der Waals surface area contributed by atoms with Crippen molar-refractivity contribution in [3.63, 3.8) is 0 Å². The van der Waals surface area contributed by atoms with Crippen LogP contribution in [0.4, 0.5) is 5.69 Å². The lowest BCUT2D eigenvalue weighted by Crippen LogP contribution is -2.46. The van der Waals surface area contributed by atoms with E-state index in [1.54, 1.807) is 7.11 Å². The summed E-state index contributed by atoms with van der Waals surface area (Å²) in [5.41, 5.74) is 0.940. The fourth-order valence-electron chi connectivity index (χ4n) is 3.24. The van der Waals surface area contributed by atoms with Crippen LogP contribution in [0.15, 0.2) is 24.3 Å². The molecule has 1 aromatic carbocycles. The Morgan fingerprint density at radius 1 is 1.13 bits per heavy atom. The van der Waals surface area contributed by atoms with Crippen LogP contribution in [-0.2, 0) is 0 Å². The van der Waals surface area contributed by atoms with Crippen molar-refractivity contribution in [1.29, 1.82) is 5.41 Å². The minimum absolute atomic E-state index is 0.117. The fourth-order valence-corrected chi connectivity index (χ4v) is 3.24. The molecule has 0 atom stereocenters. The van der Waals surface area contributed by atoms with Gasteiger partial charge in [-0.05, 0) is 71.0 Å². The first kappa shape index (κ1) is 17.8. The summed E-state index contributed by atoms with van der Waals surface area (Å²) < 4.78 is 5.24. The smallest absolute Gasteiger partial charge is 0.119 e. The number of ether oxygens (including phenoxy) is 1. The lowest BCUT2D eigenvalue weighted by atomic mass is 10.0. The van der Waals surface area contributed by atoms with Gasteiger partial charge in [0.15, 0.2) is 0 Å². The molecule has 4 nitrogen and oxygen atoms in total. The van der Waals surface area contributed by atoms with Gasteiger partial charge in [-0.15, -0.1) is 0 Å². The maximum atomic E-state index is 8.62. The number of amidine groups is 1. The number of likely N-dealkylation sites (tertiary alicyclic amines) is 1. The van der Waals surface area contributed by atoms with E-state index in [1.165, 1.54) is 32.4 Å². The normalized spacial score (nSPS) is 16.2. The summed E-state index contributed by atoms with van der Waals surface area (Å²) in [5.74, 6) is 1.54. The molecule has 1 fully saturated rings. The molecule has 0 spiro atoms. The highest BCUT2D eigenvalue weighted by Gasteiger charge is 2.26. The standard InChI is InChI=1S/C19H31N3O/c1-19(2,3)22(16-8-10-17(23-4)11-9-16)18(20)12-15-21-13-6-5-7-14-21/h8-11,20H,5-7,12-15H2,1-4H3. The molecule has 4 heteroatoms. The Balaban J connectivity index is 2.06. The highest BCUT2D eigenvalue weighted by Crippen LogP contribution is 2.27. The van der Waals surface area contributed by atoms with Crippen molar-refractivity contribution in [2.24, 2.45) is 0 Å². The van der Waals surface area contributed by atoms with Gasteiger partial charge in [0.05, 0.1) is 7.11 Å². The average Bonchev–Trinajstić information content (AvgIpc) is 2.53. The van der Waals surface area contributed by atoms with Crippen LogP contribution in [0, 0.1) is 5.41 Å². The summed E-state index contributed by atoms with van der Waals surface area (Å²) in [6, 6.07) is 8.01. The lowest BCUT2D eigenvalue weighted by molar-refractivity contribution is 0.234. The maximum Gasteiger partial charge on any atom is 0.119 e. The molecule has 0 bridgehead atoms.